The van der Waals surface area contributed by atoms with Gasteiger partial charge in [0.1, 0.15) is 5.25 Å². The van der Waals surface area contributed by atoms with E-state index in [0.29, 0.717) is 0 Å². The van der Waals surface area contributed by atoms with Crippen molar-refractivity contribution >= 4 is 21.7 Å². The zero-order chi connectivity index (χ0) is 15.2. The number of carbonyl (C=O) groups excluding carboxylic acids is 2. The molecule has 7 heteroatoms. The Balaban J connectivity index is 4.80. The van der Waals surface area contributed by atoms with Crippen LogP contribution in [0.25, 0.3) is 0 Å². The molecule has 0 aliphatic rings. The zero-order valence-corrected chi connectivity index (χ0v) is 12.9. The third kappa shape index (κ3) is 5.18. The molecule has 6 nitrogen and oxygen atoms in total. The van der Waals surface area contributed by atoms with Gasteiger partial charge in [0.15, 0.2) is 9.84 Å². The number of amides is 1. The molecule has 0 fully saturated rings. The maximum Gasteiger partial charge on any atom is 0.306 e. The topological polar surface area (TPSA) is 89.5 Å². The van der Waals surface area contributed by atoms with Gasteiger partial charge < -0.3 is 10.1 Å². The Morgan fingerprint density at radius 3 is 2.16 bits per heavy atom. The van der Waals surface area contributed by atoms with Gasteiger partial charge in [-0.3, -0.25) is 9.59 Å². The number of sulfone groups is 1. The first-order valence-corrected chi connectivity index (χ1v) is 7.87. The second kappa shape index (κ2) is 7.47. The van der Waals surface area contributed by atoms with Crippen LogP contribution in [0.15, 0.2) is 0 Å². The monoisotopic (exact) mass is 293 g/mol. The van der Waals surface area contributed by atoms with E-state index in [4.69, 9.17) is 0 Å². The maximum absolute atomic E-state index is 12.1. The van der Waals surface area contributed by atoms with Gasteiger partial charge in [-0.15, -0.1) is 0 Å². The molecule has 3 unspecified atom stereocenters. The van der Waals surface area contributed by atoms with E-state index < -0.39 is 32.2 Å². The van der Waals surface area contributed by atoms with Crippen molar-refractivity contribution in [3.05, 3.63) is 0 Å². The number of rotatable bonds is 7. The predicted molar refractivity (Wildman–Crippen MR) is 72.4 cm³/mol. The minimum atomic E-state index is -3.71. The number of hydrogen-bond acceptors (Lipinski definition) is 5. The van der Waals surface area contributed by atoms with Crippen molar-refractivity contribution < 1.29 is 22.7 Å². The van der Waals surface area contributed by atoms with Crippen LogP contribution in [0.4, 0.5) is 0 Å². The van der Waals surface area contributed by atoms with Gasteiger partial charge in [-0.1, -0.05) is 6.92 Å². The summed E-state index contributed by atoms with van der Waals surface area (Å²) >= 11 is 0. The fraction of sp³-hybridized carbons (Fsp3) is 0.833. The van der Waals surface area contributed by atoms with E-state index in [0.717, 1.165) is 6.42 Å². The molecule has 19 heavy (non-hydrogen) atoms. The quantitative estimate of drug-likeness (QED) is 0.696. The summed E-state index contributed by atoms with van der Waals surface area (Å²) in [6.07, 6.45) is 0.468. The summed E-state index contributed by atoms with van der Waals surface area (Å²) in [5.41, 5.74) is 0. The van der Waals surface area contributed by atoms with Crippen molar-refractivity contribution in [1.29, 1.82) is 0 Å². The Morgan fingerprint density at radius 1 is 1.21 bits per heavy atom. The van der Waals surface area contributed by atoms with Gasteiger partial charge in [0.25, 0.3) is 0 Å². The van der Waals surface area contributed by atoms with Crippen LogP contribution < -0.4 is 5.32 Å². The summed E-state index contributed by atoms with van der Waals surface area (Å²) in [6.45, 7) is 6.43. The second-order valence-corrected chi connectivity index (χ2v) is 7.33. The third-order valence-electron chi connectivity index (χ3n) is 3.11. The van der Waals surface area contributed by atoms with Crippen molar-refractivity contribution in [1.82, 2.24) is 5.32 Å². The molecule has 112 valence electrons. The van der Waals surface area contributed by atoms with Crippen molar-refractivity contribution in [3.63, 3.8) is 0 Å². The van der Waals surface area contributed by atoms with Crippen LogP contribution in [0.5, 0.6) is 0 Å². The molecule has 0 aliphatic carbocycles. The number of methoxy groups -OCH3 is 1. The molecule has 0 aliphatic heterocycles. The van der Waals surface area contributed by atoms with Crippen LogP contribution in [0.1, 0.15) is 40.5 Å². The van der Waals surface area contributed by atoms with Crippen molar-refractivity contribution in [2.45, 2.75) is 57.1 Å². The Hall–Kier alpha value is -1.11. The Morgan fingerprint density at radius 2 is 1.74 bits per heavy atom. The van der Waals surface area contributed by atoms with E-state index in [1.54, 1.807) is 6.92 Å². The molecular weight excluding hydrogens is 270 g/mol. The van der Waals surface area contributed by atoms with Crippen LogP contribution in [0.2, 0.25) is 0 Å². The van der Waals surface area contributed by atoms with Gasteiger partial charge in [0, 0.05) is 6.04 Å². The number of hydrogen-bond donors (Lipinski definition) is 1. The molecular formula is C12H23NO5S. The molecule has 0 rings (SSSR count). The van der Waals surface area contributed by atoms with Gasteiger partial charge in [0.05, 0.1) is 18.8 Å². The summed E-state index contributed by atoms with van der Waals surface area (Å²) in [5, 5.41) is 0.497. The van der Waals surface area contributed by atoms with Crippen molar-refractivity contribution in [2.24, 2.45) is 0 Å². The van der Waals surface area contributed by atoms with Gasteiger partial charge >= 0.3 is 5.97 Å². The molecule has 0 aromatic carbocycles. The molecule has 0 spiro atoms. The molecule has 0 radical (unpaired) electrons. The minimum absolute atomic E-state index is 0.0823. The summed E-state index contributed by atoms with van der Waals surface area (Å²) in [4.78, 5) is 22.9. The minimum Gasteiger partial charge on any atom is -0.469 e. The van der Waals surface area contributed by atoms with Crippen LogP contribution in [-0.2, 0) is 24.2 Å². The predicted octanol–water partition coefficient (Wildman–Crippen LogP) is 0.656. The van der Waals surface area contributed by atoms with Crippen LogP contribution in [0.3, 0.4) is 0 Å². The van der Waals surface area contributed by atoms with Gasteiger partial charge in [-0.2, -0.15) is 0 Å². The Kier molecular flexibility index (Phi) is 7.04. The highest BCUT2D eigenvalue weighted by molar-refractivity contribution is 7.93. The lowest BCUT2D eigenvalue weighted by atomic mass is 10.2. The third-order valence-corrected chi connectivity index (χ3v) is 5.59. The van der Waals surface area contributed by atoms with Crippen molar-refractivity contribution in [3.8, 4) is 0 Å². The Labute approximate surface area is 114 Å². The van der Waals surface area contributed by atoms with E-state index in [-0.39, 0.29) is 12.5 Å². The normalized spacial score (nSPS) is 16.3. The number of nitrogens with one attached hydrogen (secondary N) is 1. The van der Waals surface area contributed by atoms with Crippen LogP contribution >= 0.6 is 0 Å². The fourth-order valence-electron chi connectivity index (χ4n) is 1.39. The molecule has 1 N–H and O–H groups in total. The lowest BCUT2D eigenvalue weighted by Crippen LogP contribution is -2.44. The van der Waals surface area contributed by atoms with Gasteiger partial charge in [0.2, 0.25) is 5.91 Å². The lowest BCUT2D eigenvalue weighted by Gasteiger charge is -2.19. The average Bonchev–Trinajstić information content (AvgIpc) is 2.36. The first kappa shape index (κ1) is 17.9. The van der Waals surface area contributed by atoms with Crippen molar-refractivity contribution in [2.75, 3.05) is 7.11 Å². The fourth-order valence-corrected chi connectivity index (χ4v) is 2.83. The smallest absolute Gasteiger partial charge is 0.306 e. The summed E-state index contributed by atoms with van der Waals surface area (Å²) in [5.74, 6) is -1.14. The summed E-state index contributed by atoms with van der Waals surface area (Å²) in [6, 6.07) is -0.0823. The molecule has 0 saturated carbocycles. The van der Waals surface area contributed by atoms with Crippen LogP contribution in [0, 0.1) is 0 Å². The van der Waals surface area contributed by atoms with E-state index in [1.807, 2.05) is 6.92 Å². The molecule has 0 saturated heterocycles. The van der Waals surface area contributed by atoms with E-state index in [9.17, 15) is 18.0 Å². The number of ether oxygens (including phenoxy) is 1. The van der Waals surface area contributed by atoms with E-state index in [2.05, 4.69) is 10.1 Å². The maximum atomic E-state index is 12.1. The molecule has 0 bridgehead atoms. The lowest BCUT2D eigenvalue weighted by molar-refractivity contribution is -0.140. The first-order chi connectivity index (χ1) is 8.66. The molecule has 0 aromatic heterocycles. The molecule has 0 heterocycles. The summed E-state index contributed by atoms with van der Waals surface area (Å²) < 4.78 is 28.7. The highest BCUT2D eigenvalue weighted by Crippen LogP contribution is 2.14. The largest absolute Gasteiger partial charge is 0.469 e. The van der Waals surface area contributed by atoms with E-state index in [1.165, 1.54) is 21.0 Å². The molecule has 3 atom stereocenters. The molecule has 0 aromatic rings. The highest BCUT2D eigenvalue weighted by atomic mass is 32.2. The number of esters is 1. The molecule has 1 amide bonds. The van der Waals surface area contributed by atoms with Gasteiger partial charge in [-0.05, 0) is 27.2 Å². The SMILES string of the molecule is CCC(C)NC(=O)C(C)S(=O)(=O)C(C)CC(=O)OC. The zero-order valence-electron chi connectivity index (χ0n) is 12.1. The van der Waals surface area contributed by atoms with Gasteiger partial charge in [-0.25, -0.2) is 8.42 Å². The summed E-state index contributed by atoms with van der Waals surface area (Å²) in [7, 11) is -2.51. The highest BCUT2D eigenvalue weighted by Gasteiger charge is 2.34. The standard InChI is InChI=1S/C12H23NO5S/c1-6-8(2)13-12(15)10(4)19(16,17)9(3)7-11(14)18-5/h8-10H,6-7H2,1-5H3,(H,13,15). The Bertz CT molecular complexity index is 418. The second-order valence-electron chi connectivity index (χ2n) is 4.64. The van der Waals surface area contributed by atoms with Crippen LogP contribution in [-0.4, -0.2) is 43.9 Å². The first-order valence-electron chi connectivity index (χ1n) is 6.26. The average molecular weight is 293 g/mol. The number of carbonyl (C=O) groups is 2. The van der Waals surface area contributed by atoms with E-state index >= 15 is 0 Å².